The third kappa shape index (κ3) is 5.21. The Morgan fingerprint density at radius 1 is 1.14 bits per heavy atom. The number of carbonyl (C=O) groups is 2. The van der Waals surface area contributed by atoms with Crippen LogP contribution < -0.4 is 19.7 Å². The molecule has 1 aliphatic heterocycles. The van der Waals surface area contributed by atoms with E-state index in [1.807, 2.05) is 24.3 Å². The summed E-state index contributed by atoms with van der Waals surface area (Å²) in [4.78, 5) is 26.8. The molecule has 0 aromatic heterocycles. The number of hydrogen-bond acceptors (Lipinski definition) is 4. The van der Waals surface area contributed by atoms with Gasteiger partial charge in [-0.25, -0.2) is 0 Å². The first kappa shape index (κ1) is 21.0. The predicted octanol–water partition coefficient (Wildman–Crippen LogP) is 3.68. The van der Waals surface area contributed by atoms with Gasteiger partial charge in [0.25, 0.3) is 5.91 Å². The van der Waals surface area contributed by atoms with Gasteiger partial charge < -0.3 is 19.7 Å². The Balaban J connectivity index is 1.54. The molecule has 6 nitrogen and oxygen atoms in total. The number of hydrogen-bond donors (Lipinski definition) is 1. The Morgan fingerprint density at radius 2 is 1.76 bits per heavy atom. The number of carbonyl (C=O) groups excluding carboxylic acids is 2. The first-order chi connectivity index (χ1) is 13.8. The van der Waals surface area contributed by atoms with E-state index in [-0.39, 0.29) is 17.7 Å². The van der Waals surface area contributed by atoms with E-state index in [4.69, 9.17) is 21.1 Å². The predicted molar refractivity (Wildman–Crippen MR) is 113 cm³/mol. The van der Waals surface area contributed by atoms with E-state index in [0.29, 0.717) is 30.3 Å². The van der Waals surface area contributed by atoms with Gasteiger partial charge in [-0.1, -0.05) is 11.6 Å². The van der Waals surface area contributed by atoms with Crippen LogP contribution in [0.1, 0.15) is 20.3 Å². The average molecular weight is 417 g/mol. The molecule has 2 aromatic carbocycles. The lowest BCUT2D eigenvalue weighted by molar-refractivity contribution is -0.134. The molecule has 1 fully saturated rings. The number of nitrogens with one attached hydrogen (secondary N) is 1. The largest absolute Gasteiger partial charge is 0.497 e. The van der Waals surface area contributed by atoms with Crippen LogP contribution in [0.25, 0.3) is 0 Å². The summed E-state index contributed by atoms with van der Waals surface area (Å²) >= 11 is 5.88. The molecule has 0 aliphatic carbocycles. The highest BCUT2D eigenvalue weighted by Gasteiger charge is 2.34. The molecule has 0 radical (unpaired) electrons. The highest BCUT2D eigenvalue weighted by atomic mass is 35.5. The second kappa shape index (κ2) is 8.74. The Morgan fingerprint density at radius 3 is 2.38 bits per heavy atom. The van der Waals surface area contributed by atoms with Crippen molar-refractivity contribution in [1.82, 2.24) is 5.32 Å². The Kier molecular flexibility index (Phi) is 6.33. The first-order valence-electron chi connectivity index (χ1n) is 9.46. The highest BCUT2D eigenvalue weighted by molar-refractivity contribution is 6.30. The van der Waals surface area contributed by atoms with E-state index in [2.05, 4.69) is 5.32 Å². The molecule has 1 saturated heterocycles. The molecule has 0 bridgehead atoms. The van der Waals surface area contributed by atoms with Crippen molar-refractivity contribution in [2.45, 2.75) is 25.9 Å². The van der Waals surface area contributed by atoms with E-state index < -0.39 is 5.60 Å². The van der Waals surface area contributed by atoms with Gasteiger partial charge in [0, 0.05) is 36.1 Å². The number of halogens is 1. The molecule has 1 atom stereocenters. The molecular formula is C22H25ClN2O4. The van der Waals surface area contributed by atoms with Crippen molar-refractivity contribution in [3.8, 4) is 11.5 Å². The molecule has 2 aromatic rings. The Hall–Kier alpha value is -2.73. The average Bonchev–Trinajstić information content (AvgIpc) is 3.08. The van der Waals surface area contributed by atoms with Gasteiger partial charge in [0.2, 0.25) is 5.91 Å². The van der Waals surface area contributed by atoms with E-state index in [9.17, 15) is 9.59 Å². The zero-order valence-corrected chi connectivity index (χ0v) is 17.5. The topological polar surface area (TPSA) is 67.9 Å². The smallest absolute Gasteiger partial charge is 0.263 e. The molecule has 7 heteroatoms. The van der Waals surface area contributed by atoms with Gasteiger partial charge in [-0.2, -0.15) is 0 Å². The lowest BCUT2D eigenvalue weighted by Crippen LogP contribution is -2.48. The number of ether oxygens (including phenoxy) is 2. The first-order valence-corrected chi connectivity index (χ1v) is 9.83. The van der Waals surface area contributed by atoms with Crippen LogP contribution in [0.2, 0.25) is 5.02 Å². The van der Waals surface area contributed by atoms with Crippen molar-refractivity contribution < 1.29 is 19.1 Å². The van der Waals surface area contributed by atoms with Gasteiger partial charge in [-0.15, -0.1) is 0 Å². The van der Waals surface area contributed by atoms with Crippen molar-refractivity contribution in [3.05, 3.63) is 53.6 Å². The van der Waals surface area contributed by atoms with Crippen molar-refractivity contribution in [1.29, 1.82) is 0 Å². The fraction of sp³-hybridized carbons (Fsp3) is 0.364. The molecule has 0 spiro atoms. The SMILES string of the molecule is COc1ccc(N2CC(CNC(=O)C(C)(C)Oc3ccc(Cl)cc3)CC2=O)cc1. The summed E-state index contributed by atoms with van der Waals surface area (Å²) in [5.41, 5.74) is -0.220. The van der Waals surface area contributed by atoms with Crippen LogP contribution >= 0.6 is 11.6 Å². The molecule has 1 unspecified atom stereocenters. The number of amides is 2. The summed E-state index contributed by atoms with van der Waals surface area (Å²) in [6.07, 6.45) is 0.394. The van der Waals surface area contributed by atoms with Crippen LogP contribution in [-0.4, -0.2) is 37.6 Å². The Labute approximate surface area is 175 Å². The molecule has 0 saturated carbocycles. The summed E-state index contributed by atoms with van der Waals surface area (Å²) in [5.74, 6) is 1.16. The molecule has 2 amide bonds. The summed E-state index contributed by atoms with van der Waals surface area (Å²) < 4.78 is 11.0. The van der Waals surface area contributed by atoms with E-state index >= 15 is 0 Å². The molecule has 1 N–H and O–H groups in total. The summed E-state index contributed by atoms with van der Waals surface area (Å²) in [7, 11) is 1.60. The van der Waals surface area contributed by atoms with Gasteiger partial charge in [0.05, 0.1) is 7.11 Å². The minimum atomic E-state index is -1.05. The summed E-state index contributed by atoms with van der Waals surface area (Å²) in [5, 5.41) is 3.52. The maximum Gasteiger partial charge on any atom is 0.263 e. The zero-order valence-electron chi connectivity index (χ0n) is 16.8. The quantitative estimate of drug-likeness (QED) is 0.747. The molecule has 1 aliphatic rings. The van der Waals surface area contributed by atoms with E-state index in [1.165, 1.54) is 0 Å². The zero-order chi connectivity index (χ0) is 21.0. The normalized spacial score (nSPS) is 16.6. The van der Waals surface area contributed by atoms with Crippen LogP contribution in [0.5, 0.6) is 11.5 Å². The Bertz CT molecular complexity index is 865. The number of rotatable bonds is 7. The van der Waals surface area contributed by atoms with E-state index in [0.717, 1.165) is 11.4 Å². The lowest BCUT2D eigenvalue weighted by atomic mass is 10.1. The molecular weight excluding hydrogens is 392 g/mol. The molecule has 29 heavy (non-hydrogen) atoms. The standard InChI is InChI=1S/C22H25ClN2O4/c1-22(2,29-19-8-4-16(23)5-9-19)21(27)24-13-15-12-20(26)25(14-15)17-6-10-18(28-3)11-7-17/h4-11,15H,12-14H2,1-3H3,(H,24,27). The lowest BCUT2D eigenvalue weighted by Gasteiger charge is -2.26. The van der Waals surface area contributed by atoms with Crippen molar-refractivity contribution in [2.75, 3.05) is 25.1 Å². The van der Waals surface area contributed by atoms with Crippen LogP contribution in [0.4, 0.5) is 5.69 Å². The van der Waals surface area contributed by atoms with Crippen molar-refractivity contribution in [2.24, 2.45) is 5.92 Å². The maximum absolute atomic E-state index is 12.6. The van der Waals surface area contributed by atoms with Crippen LogP contribution in [-0.2, 0) is 9.59 Å². The highest BCUT2D eigenvalue weighted by Crippen LogP contribution is 2.27. The van der Waals surface area contributed by atoms with Crippen LogP contribution in [0.3, 0.4) is 0 Å². The second-order valence-electron chi connectivity index (χ2n) is 7.55. The number of methoxy groups -OCH3 is 1. The van der Waals surface area contributed by atoms with Crippen molar-refractivity contribution >= 4 is 29.1 Å². The molecule has 154 valence electrons. The fourth-order valence-electron chi connectivity index (χ4n) is 3.22. The third-order valence-corrected chi connectivity index (χ3v) is 5.13. The van der Waals surface area contributed by atoms with Gasteiger partial charge >= 0.3 is 0 Å². The second-order valence-corrected chi connectivity index (χ2v) is 7.99. The van der Waals surface area contributed by atoms with Gasteiger partial charge in [-0.3, -0.25) is 9.59 Å². The monoisotopic (exact) mass is 416 g/mol. The van der Waals surface area contributed by atoms with E-state index in [1.54, 1.807) is 50.1 Å². The van der Waals surface area contributed by atoms with Gasteiger partial charge in [0.1, 0.15) is 11.5 Å². The maximum atomic E-state index is 12.6. The minimum absolute atomic E-state index is 0.0416. The number of anilines is 1. The fourth-order valence-corrected chi connectivity index (χ4v) is 3.35. The van der Waals surface area contributed by atoms with Crippen LogP contribution in [0.15, 0.2) is 48.5 Å². The van der Waals surface area contributed by atoms with Gasteiger partial charge in [-0.05, 0) is 62.4 Å². The van der Waals surface area contributed by atoms with Crippen LogP contribution in [0, 0.1) is 5.92 Å². The number of nitrogens with zero attached hydrogens (tertiary/aromatic N) is 1. The minimum Gasteiger partial charge on any atom is -0.497 e. The number of benzene rings is 2. The molecule has 3 rings (SSSR count). The molecule has 1 heterocycles. The summed E-state index contributed by atoms with van der Waals surface area (Å²) in [6, 6.07) is 14.2. The third-order valence-electron chi connectivity index (χ3n) is 4.87. The van der Waals surface area contributed by atoms with Gasteiger partial charge in [0.15, 0.2) is 5.60 Å². The van der Waals surface area contributed by atoms with Crippen molar-refractivity contribution in [3.63, 3.8) is 0 Å². The summed E-state index contributed by atoms with van der Waals surface area (Å²) in [6.45, 7) is 4.38.